The Balaban J connectivity index is 3.27. The van der Waals surface area contributed by atoms with Gasteiger partial charge in [-0.15, -0.1) is 0 Å². The van der Waals surface area contributed by atoms with Crippen molar-refractivity contribution in [2.24, 2.45) is 0 Å². The molecule has 0 heterocycles. The summed E-state index contributed by atoms with van der Waals surface area (Å²) in [6.45, 7) is 5.51. The van der Waals surface area contributed by atoms with Crippen molar-refractivity contribution in [2.75, 3.05) is 27.4 Å². The van der Waals surface area contributed by atoms with Crippen LogP contribution in [0.2, 0.25) is 0 Å². The highest BCUT2D eigenvalue weighted by atomic mass is 16.5. The minimum atomic E-state index is 0.314. The van der Waals surface area contributed by atoms with E-state index in [9.17, 15) is 0 Å². The quantitative estimate of drug-likeness (QED) is 0.542. The van der Waals surface area contributed by atoms with Crippen LogP contribution in [0.3, 0.4) is 0 Å². The van der Waals surface area contributed by atoms with Crippen molar-refractivity contribution in [2.45, 2.75) is 25.9 Å². The number of rotatable bonds is 7. The fourth-order valence-corrected chi connectivity index (χ4v) is 0.868. The molecule has 0 aliphatic heterocycles. The Bertz CT molecular complexity index is 89.1. The summed E-state index contributed by atoms with van der Waals surface area (Å²) in [6.07, 6.45) is 0. The lowest BCUT2D eigenvalue weighted by molar-refractivity contribution is 0.141. The van der Waals surface area contributed by atoms with Gasteiger partial charge in [-0.3, -0.25) is 10.9 Å². The van der Waals surface area contributed by atoms with Crippen LogP contribution in [0.4, 0.5) is 0 Å². The van der Waals surface area contributed by atoms with Crippen LogP contribution in [0.1, 0.15) is 13.8 Å². The van der Waals surface area contributed by atoms with Crippen LogP contribution in [-0.2, 0) is 9.47 Å². The third-order valence-electron chi connectivity index (χ3n) is 1.41. The van der Waals surface area contributed by atoms with Gasteiger partial charge in [0.1, 0.15) is 0 Å². The Morgan fingerprint density at radius 1 is 0.917 bits per heavy atom. The van der Waals surface area contributed by atoms with E-state index in [2.05, 4.69) is 24.7 Å². The zero-order chi connectivity index (χ0) is 9.40. The van der Waals surface area contributed by atoms with Gasteiger partial charge in [0.25, 0.3) is 0 Å². The highest BCUT2D eigenvalue weighted by molar-refractivity contribution is 4.59. The van der Waals surface area contributed by atoms with E-state index in [0.29, 0.717) is 25.3 Å². The molecule has 0 aliphatic rings. The lowest BCUT2D eigenvalue weighted by Crippen LogP contribution is -2.47. The largest absolute Gasteiger partial charge is 0.383 e. The van der Waals surface area contributed by atoms with E-state index in [-0.39, 0.29) is 0 Å². The fourth-order valence-electron chi connectivity index (χ4n) is 0.868. The summed E-state index contributed by atoms with van der Waals surface area (Å²) in [5.41, 5.74) is 6.23. The van der Waals surface area contributed by atoms with Crippen LogP contribution in [0.25, 0.3) is 0 Å². The molecule has 0 saturated heterocycles. The number of hydrogen-bond acceptors (Lipinski definition) is 4. The molecule has 0 aromatic rings. The van der Waals surface area contributed by atoms with Crippen molar-refractivity contribution in [3.05, 3.63) is 0 Å². The molecule has 74 valence electrons. The maximum Gasteiger partial charge on any atom is 0.0626 e. The summed E-state index contributed by atoms with van der Waals surface area (Å²) in [5, 5.41) is 0. The molecule has 0 bridgehead atoms. The third kappa shape index (κ3) is 6.54. The minimum absolute atomic E-state index is 0.314. The van der Waals surface area contributed by atoms with Crippen LogP contribution < -0.4 is 10.9 Å². The van der Waals surface area contributed by atoms with Gasteiger partial charge in [-0.1, -0.05) is 0 Å². The number of hydrazine groups is 1. The molecule has 0 fully saturated rings. The van der Waals surface area contributed by atoms with Crippen LogP contribution in [0.15, 0.2) is 0 Å². The molecule has 0 aliphatic carbocycles. The summed E-state index contributed by atoms with van der Waals surface area (Å²) in [4.78, 5) is 0. The van der Waals surface area contributed by atoms with Crippen molar-refractivity contribution in [3.8, 4) is 0 Å². The molecule has 0 radical (unpaired) electrons. The van der Waals surface area contributed by atoms with Crippen molar-refractivity contribution in [3.63, 3.8) is 0 Å². The van der Waals surface area contributed by atoms with E-state index in [1.54, 1.807) is 14.2 Å². The average molecular weight is 176 g/mol. The van der Waals surface area contributed by atoms with Crippen molar-refractivity contribution < 1.29 is 9.47 Å². The number of nitrogens with one attached hydrogen (secondary N) is 2. The summed E-state index contributed by atoms with van der Waals surface area (Å²) in [6, 6.07) is 0.628. The van der Waals surface area contributed by atoms with Gasteiger partial charge in [-0.2, -0.15) is 0 Å². The second-order valence-corrected chi connectivity index (χ2v) is 3.00. The van der Waals surface area contributed by atoms with Crippen LogP contribution >= 0.6 is 0 Å². The van der Waals surface area contributed by atoms with E-state index >= 15 is 0 Å². The van der Waals surface area contributed by atoms with E-state index in [0.717, 1.165) is 0 Å². The van der Waals surface area contributed by atoms with Gasteiger partial charge in [0, 0.05) is 26.3 Å². The first kappa shape index (κ1) is 11.8. The van der Waals surface area contributed by atoms with Gasteiger partial charge in [0.2, 0.25) is 0 Å². The predicted molar refractivity (Wildman–Crippen MR) is 48.9 cm³/mol. The molecule has 0 aromatic carbocycles. The number of methoxy groups -OCH3 is 2. The molecule has 0 saturated carbocycles. The predicted octanol–water partition coefficient (Wildman–Crippen LogP) is 0.150. The van der Waals surface area contributed by atoms with Gasteiger partial charge in [-0.05, 0) is 13.8 Å². The average Bonchev–Trinajstić information content (AvgIpc) is 2.02. The first-order chi connectivity index (χ1) is 5.70. The zero-order valence-electron chi connectivity index (χ0n) is 8.39. The topological polar surface area (TPSA) is 42.5 Å². The Morgan fingerprint density at radius 3 is 1.50 bits per heavy atom. The van der Waals surface area contributed by atoms with Gasteiger partial charge < -0.3 is 9.47 Å². The molecular formula is C8H20N2O2. The van der Waals surface area contributed by atoms with E-state index < -0.39 is 0 Å². The molecular weight excluding hydrogens is 156 g/mol. The first-order valence-electron chi connectivity index (χ1n) is 4.19. The molecule has 0 spiro atoms. The molecule has 4 heteroatoms. The Morgan fingerprint density at radius 2 is 1.25 bits per heavy atom. The highest BCUT2D eigenvalue weighted by Gasteiger charge is 2.02. The summed E-state index contributed by atoms with van der Waals surface area (Å²) in [5.74, 6) is 0. The smallest absolute Gasteiger partial charge is 0.0626 e. The van der Waals surface area contributed by atoms with Crippen LogP contribution in [-0.4, -0.2) is 39.5 Å². The standard InChI is InChI=1S/C8H20N2O2/c1-7(5-11-3)9-10-8(2)6-12-4/h7-10H,5-6H2,1-4H3. The summed E-state index contributed by atoms with van der Waals surface area (Å²) >= 11 is 0. The lowest BCUT2D eigenvalue weighted by atomic mass is 10.4. The van der Waals surface area contributed by atoms with Crippen molar-refractivity contribution in [1.82, 2.24) is 10.9 Å². The summed E-state index contributed by atoms with van der Waals surface area (Å²) in [7, 11) is 3.38. The van der Waals surface area contributed by atoms with Crippen LogP contribution in [0.5, 0.6) is 0 Å². The van der Waals surface area contributed by atoms with Crippen LogP contribution in [0, 0.1) is 0 Å². The van der Waals surface area contributed by atoms with Crippen molar-refractivity contribution in [1.29, 1.82) is 0 Å². The molecule has 4 nitrogen and oxygen atoms in total. The maximum atomic E-state index is 4.96. The first-order valence-corrected chi connectivity index (χ1v) is 4.19. The monoisotopic (exact) mass is 176 g/mol. The minimum Gasteiger partial charge on any atom is -0.383 e. The number of ether oxygens (including phenoxy) is 2. The van der Waals surface area contributed by atoms with E-state index in [1.807, 2.05) is 0 Å². The third-order valence-corrected chi connectivity index (χ3v) is 1.41. The fraction of sp³-hybridized carbons (Fsp3) is 1.00. The molecule has 12 heavy (non-hydrogen) atoms. The van der Waals surface area contributed by atoms with Gasteiger partial charge in [0.15, 0.2) is 0 Å². The van der Waals surface area contributed by atoms with Gasteiger partial charge in [0.05, 0.1) is 13.2 Å². The Kier molecular flexibility index (Phi) is 7.39. The molecule has 2 atom stereocenters. The maximum absolute atomic E-state index is 4.96. The van der Waals surface area contributed by atoms with Gasteiger partial charge in [-0.25, -0.2) is 0 Å². The van der Waals surface area contributed by atoms with E-state index in [1.165, 1.54) is 0 Å². The molecule has 0 rings (SSSR count). The Labute approximate surface area is 74.6 Å². The van der Waals surface area contributed by atoms with Gasteiger partial charge >= 0.3 is 0 Å². The zero-order valence-corrected chi connectivity index (χ0v) is 8.39. The Hall–Kier alpha value is -0.160. The van der Waals surface area contributed by atoms with Crippen molar-refractivity contribution >= 4 is 0 Å². The molecule has 0 amide bonds. The second-order valence-electron chi connectivity index (χ2n) is 3.00. The van der Waals surface area contributed by atoms with E-state index in [4.69, 9.17) is 9.47 Å². The number of hydrogen-bond donors (Lipinski definition) is 2. The summed E-state index contributed by atoms with van der Waals surface area (Å²) < 4.78 is 9.92. The SMILES string of the molecule is COCC(C)NNC(C)COC. The lowest BCUT2D eigenvalue weighted by Gasteiger charge is -2.18. The molecule has 2 unspecified atom stereocenters. The molecule has 2 N–H and O–H groups in total. The highest BCUT2D eigenvalue weighted by Crippen LogP contribution is 1.82. The normalized spacial score (nSPS) is 16.0. The second kappa shape index (κ2) is 7.49. The molecule has 0 aromatic heterocycles.